The van der Waals surface area contributed by atoms with Crippen LogP contribution >= 0.6 is 0 Å². The van der Waals surface area contributed by atoms with E-state index in [1.54, 1.807) is 0 Å². The van der Waals surface area contributed by atoms with Crippen molar-refractivity contribution in [2.24, 2.45) is 0 Å². The monoisotopic (exact) mass is 274 g/mol. The standard InChI is InChI=1S/C19H30O/c1-5-9-10-11-12-18(20)19-16(7-3)13-15(6-2)14-17(19)8-4/h13-14H,5-12H2,1-4H3. The highest BCUT2D eigenvalue weighted by Gasteiger charge is 2.15. The predicted molar refractivity (Wildman–Crippen MR) is 87.7 cm³/mol. The third-order valence-corrected chi connectivity index (χ3v) is 4.07. The fraction of sp³-hybridized carbons (Fsp3) is 0.632. The molecule has 0 saturated heterocycles. The maximum Gasteiger partial charge on any atom is 0.163 e. The van der Waals surface area contributed by atoms with Gasteiger partial charge in [0, 0.05) is 12.0 Å². The Balaban J connectivity index is 2.93. The average Bonchev–Trinajstić information content (AvgIpc) is 2.49. The van der Waals surface area contributed by atoms with E-state index in [9.17, 15) is 4.79 Å². The SMILES string of the molecule is CCCCCCC(=O)c1c(CC)cc(CC)cc1CC. The van der Waals surface area contributed by atoms with E-state index >= 15 is 0 Å². The summed E-state index contributed by atoms with van der Waals surface area (Å²) in [6.45, 7) is 8.69. The van der Waals surface area contributed by atoms with Gasteiger partial charge in [-0.1, -0.05) is 59.1 Å². The van der Waals surface area contributed by atoms with E-state index in [4.69, 9.17) is 0 Å². The van der Waals surface area contributed by atoms with E-state index in [-0.39, 0.29) is 0 Å². The largest absolute Gasteiger partial charge is 0.294 e. The predicted octanol–water partition coefficient (Wildman–Crippen LogP) is 5.53. The molecule has 0 aliphatic heterocycles. The molecule has 0 aliphatic rings. The van der Waals surface area contributed by atoms with Crippen molar-refractivity contribution in [1.29, 1.82) is 0 Å². The average molecular weight is 274 g/mol. The lowest BCUT2D eigenvalue weighted by molar-refractivity contribution is 0.0977. The van der Waals surface area contributed by atoms with Crippen LogP contribution in [0.4, 0.5) is 0 Å². The molecule has 0 aliphatic carbocycles. The van der Waals surface area contributed by atoms with E-state index in [1.165, 1.54) is 36.0 Å². The van der Waals surface area contributed by atoms with Crippen LogP contribution in [0.2, 0.25) is 0 Å². The van der Waals surface area contributed by atoms with Crippen LogP contribution < -0.4 is 0 Å². The van der Waals surface area contributed by atoms with Gasteiger partial charge in [0.2, 0.25) is 0 Å². The van der Waals surface area contributed by atoms with E-state index < -0.39 is 0 Å². The Kier molecular flexibility index (Phi) is 7.58. The van der Waals surface area contributed by atoms with Crippen molar-refractivity contribution < 1.29 is 4.79 Å². The molecule has 0 radical (unpaired) electrons. The van der Waals surface area contributed by atoms with Crippen LogP contribution in [0.3, 0.4) is 0 Å². The molecule has 0 bridgehead atoms. The molecule has 1 aromatic carbocycles. The second-order valence-electron chi connectivity index (χ2n) is 5.58. The first-order chi connectivity index (χ1) is 9.67. The summed E-state index contributed by atoms with van der Waals surface area (Å²) in [5, 5.41) is 0. The lowest BCUT2D eigenvalue weighted by Crippen LogP contribution is -2.09. The van der Waals surface area contributed by atoms with Crippen LogP contribution in [-0.2, 0) is 19.3 Å². The molecule has 0 N–H and O–H groups in total. The van der Waals surface area contributed by atoms with Crippen LogP contribution in [0.25, 0.3) is 0 Å². The highest BCUT2D eigenvalue weighted by Crippen LogP contribution is 2.22. The van der Waals surface area contributed by atoms with Crippen molar-refractivity contribution in [3.63, 3.8) is 0 Å². The minimum Gasteiger partial charge on any atom is -0.294 e. The molecule has 1 nitrogen and oxygen atoms in total. The third kappa shape index (κ3) is 4.47. The molecule has 0 atom stereocenters. The first kappa shape index (κ1) is 16.9. The van der Waals surface area contributed by atoms with Crippen LogP contribution in [-0.4, -0.2) is 5.78 Å². The van der Waals surface area contributed by atoms with Crippen LogP contribution in [0.5, 0.6) is 0 Å². The molecule has 20 heavy (non-hydrogen) atoms. The number of hydrogen-bond acceptors (Lipinski definition) is 1. The number of ketones is 1. The number of carbonyl (C=O) groups excluding carboxylic acids is 1. The Bertz CT molecular complexity index is 406. The van der Waals surface area contributed by atoms with Crippen molar-refractivity contribution in [2.45, 2.75) is 79.1 Å². The second kappa shape index (κ2) is 8.94. The zero-order valence-corrected chi connectivity index (χ0v) is 13.7. The summed E-state index contributed by atoms with van der Waals surface area (Å²) in [7, 11) is 0. The number of benzene rings is 1. The normalized spacial score (nSPS) is 10.8. The zero-order chi connectivity index (χ0) is 15.0. The van der Waals surface area contributed by atoms with Gasteiger partial charge < -0.3 is 0 Å². The summed E-state index contributed by atoms with van der Waals surface area (Å²) in [6.07, 6.45) is 8.35. The fourth-order valence-corrected chi connectivity index (χ4v) is 2.80. The van der Waals surface area contributed by atoms with Gasteiger partial charge in [0.1, 0.15) is 0 Å². The van der Waals surface area contributed by atoms with Gasteiger partial charge >= 0.3 is 0 Å². The lowest BCUT2D eigenvalue weighted by Gasteiger charge is -2.14. The first-order valence-corrected chi connectivity index (χ1v) is 8.35. The third-order valence-electron chi connectivity index (χ3n) is 4.07. The van der Waals surface area contributed by atoms with E-state index in [0.717, 1.165) is 31.2 Å². The molecule has 112 valence electrons. The molecule has 0 heterocycles. The van der Waals surface area contributed by atoms with Gasteiger partial charge in [0.05, 0.1) is 0 Å². The Hall–Kier alpha value is -1.11. The molecule has 1 aromatic rings. The number of carbonyl (C=O) groups is 1. The van der Waals surface area contributed by atoms with Gasteiger partial charge in [-0.3, -0.25) is 4.79 Å². The molecular formula is C19H30O. The van der Waals surface area contributed by atoms with Gasteiger partial charge in [0.15, 0.2) is 5.78 Å². The van der Waals surface area contributed by atoms with Gasteiger partial charge in [-0.25, -0.2) is 0 Å². The number of hydrogen-bond donors (Lipinski definition) is 0. The summed E-state index contributed by atoms with van der Waals surface area (Å²) in [5.74, 6) is 0.359. The van der Waals surface area contributed by atoms with Gasteiger partial charge in [-0.05, 0) is 42.4 Å². The Morgan fingerprint density at radius 1 is 0.850 bits per heavy atom. The van der Waals surface area contributed by atoms with Crippen LogP contribution in [0.15, 0.2) is 12.1 Å². The molecular weight excluding hydrogens is 244 g/mol. The number of unbranched alkanes of at least 4 members (excludes halogenated alkanes) is 3. The van der Waals surface area contributed by atoms with E-state index in [0.29, 0.717) is 12.2 Å². The molecule has 0 saturated carbocycles. The van der Waals surface area contributed by atoms with Crippen LogP contribution in [0, 0.1) is 0 Å². The topological polar surface area (TPSA) is 17.1 Å². The number of rotatable bonds is 9. The molecule has 0 spiro atoms. The zero-order valence-electron chi connectivity index (χ0n) is 13.7. The maximum atomic E-state index is 12.6. The fourth-order valence-electron chi connectivity index (χ4n) is 2.80. The van der Waals surface area contributed by atoms with Crippen LogP contribution in [0.1, 0.15) is 86.8 Å². The van der Waals surface area contributed by atoms with E-state index in [2.05, 4.69) is 39.8 Å². The smallest absolute Gasteiger partial charge is 0.163 e. The van der Waals surface area contributed by atoms with Crippen molar-refractivity contribution in [1.82, 2.24) is 0 Å². The van der Waals surface area contributed by atoms with E-state index in [1.807, 2.05) is 0 Å². The Morgan fingerprint density at radius 3 is 1.90 bits per heavy atom. The molecule has 0 unspecified atom stereocenters. The summed E-state index contributed by atoms with van der Waals surface area (Å²) < 4.78 is 0. The quantitative estimate of drug-likeness (QED) is 0.427. The number of aryl methyl sites for hydroxylation is 3. The summed E-state index contributed by atoms with van der Waals surface area (Å²) in [4.78, 5) is 12.6. The Morgan fingerprint density at radius 2 is 1.45 bits per heavy atom. The number of Topliss-reactive ketones (excluding diaryl/α,β-unsaturated/α-hetero) is 1. The van der Waals surface area contributed by atoms with Crippen molar-refractivity contribution in [3.05, 3.63) is 34.4 Å². The van der Waals surface area contributed by atoms with Crippen molar-refractivity contribution in [2.75, 3.05) is 0 Å². The molecule has 0 aromatic heterocycles. The lowest BCUT2D eigenvalue weighted by atomic mass is 9.89. The highest BCUT2D eigenvalue weighted by atomic mass is 16.1. The molecule has 0 fully saturated rings. The first-order valence-electron chi connectivity index (χ1n) is 8.35. The van der Waals surface area contributed by atoms with Crippen molar-refractivity contribution in [3.8, 4) is 0 Å². The highest BCUT2D eigenvalue weighted by molar-refractivity contribution is 5.99. The molecule has 0 amide bonds. The summed E-state index contributed by atoms with van der Waals surface area (Å²) in [6, 6.07) is 4.47. The molecule has 1 rings (SSSR count). The van der Waals surface area contributed by atoms with Gasteiger partial charge in [-0.15, -0.1) is 0 Å². The molecule has 1 heteroatoms. The summed E-state index contributed by atoms with van der Waals surface area (Å²) in [5.41, 5.74) is 4.90. The summed E-state index contributed by atoms with van der Waals surface area (Å²) >= 11 is 0. The maximum absolute atomic E-state index is 12.6. The Labute approximate surface area is 124 Å². The second-order valence-corrected chi connectivity index (χ2v) is 5.58. The van der Waals surface area contributed by atoms with Gasteiger partial charge in [0.25, 0.3) is 0 Å². The minimum absolute atomic E-state index is 0.359. The van der Waals surface area contributed by atoms with Gasteiger partial charge in [-0.2, -0.15) is 0 Å². The minimum atomic E-state index is 0.359. The van der Waals surface area contributed by atoms with Crippen molar-refractivity contribution >= 4 is 5.78 Å².